The highest BCUT2D eigenvalue weighted by Crippen LogP contribution is 2.53. The highest BCUT2D eigenvalue weighted by molar-refractivity contribution is 6.24. The molecule has 0 aromatic heterocycles. The Kier molecular flexibility index (Phi) is 8.23. The summed E-state index contributed by atoms with van der Waals surface area (Å²) in [4.78, 5) is 52.9. The van der Waals surface area contributed by atoms with E-state index in [1.54, 1.807) is 20.2 Å². The normalized spacial score (nSPS) is 24.4. The Morgan fingerprint density at radius 2 is 1.76 bits per heavy atom. The van der Waals surface area contributed by atoms with Crippen molar-refractivity contribution >= 4 is 29.3 Å². The molecule has 12 nitrogen and oxygen atoms in total. The van der Waals surface area contributed by atoms with Gasteiger partial charge in [-0.1, -0.05) is 44.2 Å². The number of aliphatic hydroxyl groups excluding tert-OH is 2. The van der Waals surface area contributed by atoms with Crippen molar-refractivity contribution in [2.75, 3.05) is 20.7 Å². The van der Waals surface area contributed by atoms with Crippen LogP contribution in [0.3, 0.4) is 0 Å². The van der Waals surface area contributed by atoms with Crippen LogP contribution in [0.25, 0.3) is 16.9 Å². The van der Waals surface area contributed by atoms with E-state index in [4.69, 9.17) is 10.5 Å². The minimum absolute atomic E-state index is 0.00161. The molecule has 1 saturated carbocycles. The molecule has 0 aliphatic heterocycles. The maximum Gasteiger partial charge on any atom is 0.407 e. The quantitative estimate of drug-likeness (QED) is 0.250. The number of primary amides is 1. The van der Waals surface area contributed by atoms with Crippen molar-refractivity contribution in [1.29, 1.82) is 0 Å². The van der Waals surface area contributed by atoms with Crippen molar-refractivity contribution in [2.24, 2.45) is 23.5 Å². The molecule has 2 amide bonds. The molecule has 0 unspecified atom stereocenters. The Labute approximate surface area is 259 Å². The maximum atomic E-state index is 14.0. The average Bonchev–Trinajstić information content (AvgIpc) is 2.97. The van der Waals surface area contributed by atoms with Gasteiger partial charge < -0.3 is 36.2 Å². The molecule has 0 radical (unpaired) electrons. The van der Waals surface area contributed by atoms with Gasteiger partial charge in [0.25, 0.3) is 5.91 Å². The Morgan fingerprint density at radius 3 is 2.36 bits per heavy atom. The third kappa shape index (κ3) is 5.23. The van der Waals surface area contributed by atoms with Crippen LogP contribution in [-0.4, -0.2) is 81.2 Å². The average molecular weight is 620 g/mol. The number of nitrogens with one attached hydrogen (secondary N) is 1. The summed E-state index contributed by atoms with van der Waals surface area (Å²) in [6.45, 7) is 4.44. The number of phenolic OH excluding ortho intramolecular Hbond substituents is 1. The largest absolute Gasteiger partial charge is 0.508 e. The Morgan fingerprint density at radius 1 is 1.09 bits per heavy atom. The minimum atomic E-state index is -2.69. The summed E-state index contributed by atoms with van der Waals surface area (Å²) in [5, 5.41) is 47.8. The van der Waals surface area contributed by atoms with E-state index in [2.05, 4.69) is 5.32 Å². The number of benzene rings is 2. The van der Waals surface area contributed by atoms with Gasteiger partial charge in [0.05, 0.1) is 18.2 Å². The zero-order valence-corrected chi connectivity index (χ0v) is 25.5. The van der Waals surface area contributed by atoms with Crippen molar-refractivity contribution in [2.45, 2.75) is 44.9 Å². The fourth-order valence-corrected chi connectivity index (χ4v) is 6.78. The predicted molar refractivity (Wildman–Crippen MR) is 163 cm³/mol. The van der Waals surface area contributed by atoms with Crippen molar-refractivity contribution in [1.82, 2.24) is 10.2 Å². The van der Waals surface area contributed by atoms with Crippen LogP contribution >= 0.6 is 0 Å². The monoisotopic (exact) mass is 619 g/mol. The number of carbonyl (C=O) groups excluding carboxylic acids is 4. The molecule has 3 aliphatic rings. The van der Waals surface area contributed by atoms with Crippen LogP contribution in [-0.2, 0) is 32.1 Å². The highest BCUT2D eigenvalue weighted by Gasteiger charge is 2.64. The molecular weight excluding hydrogens is 582 g/mol. The van der Waals surface area contributed by atoms with E-state index in [-0.39, 0.29) is 42.2 Å². The van der Waals surface area contributed by atoms with Crippen molar-refractivity contribution < 1.29 is 44.3 Å². The summed E-state index contributed by atoms with van der Waals surface area (Å²) < 4.78 is 5.14. The van der Waals surface area contributed by atoms with Crippen LogP contribution < -0.4 is 11.1 Å². The van der Waals surface area contributed by atoms with Gasteiger partial charge in [0.15, 0.2) is 11.4 Å². The first-order chi connectivity index (χ1) is 21.2. The first-order valence-corrected chi connectivity index (χ1v) is 14.7. The van der Waals surface area contributed by atoms with E-state index in [0.29, 0.717) is 17.7 Å². The van der Waals surface area contributed by atoms with Crippen LogP contribution in [0.2, 0.25) is 0 Å². The van der Waals surface area contributed by atoms with E-state index in [1.807, 2.05) is 38.1 Å². The second kappa shape index (κ2) is 11.7. The van der Waals surface area contributed by atoms with Gasteiger partial charge in [0.2, 0.25) is 5.78 Å². The summed E-state index contributed by atoms with van der Waals surface area (Å²) >= 11 is 0. The Balaban J connectivity index is 1.53. The first kappa shape index (κ1) is 31.7. The van der Waals surface area contributed by atoms with Gasteiger partial charge in [0.1, 0.15) is 22.8 Å². The number of alkyl carbamates (subject to hydrolysis) is 1. The lowest BCUT2D eigenvalue weighted by Crippen LogP contribution is -2.65. The lowest BCUT2D eigenvalue weighted by atomic mass is 9.57. The molecule has 2 aromatic carbocycles. The molecule has 0 saturated heterocycles. The number of phenols is 1. The Bertz CT molecular complexity index is 1660. The number of ether oxygens (including phenoxy) is 1. The third-order valence-corrected chi connectivity index (χ3v) is 8.85. The number of ketones is 2. The maximum absolute atomic E-state index is 14.0. The number of hydrogen-bond donors (Lipinski definition) is 6. The fourth-order valence-electron chi connectivity index (χ4n) is 6.78. The first-order valence-electron chi connectivity index (χ1n) is 14.7. The number of nitrogens with two attached hydrogens (primary N) is 1. The van der Waals surface area contributed by atoms with Crippen molar-refractivity contribution in [3.63, 3.8) is 0 Å². The van der Waals surface area contributed by atoms with Gasteiger partial charge in [0, 0.05) is 18.0 Å². The van der Waals surface area contributed by atoms with E-state index in [0.717, 1.165) is 11.1 Å². The van der Waals surface area contributed by atoms with Crippen LogP contribution in [0.4, 0.5) is 4.79 Å². The van der Waals surface area contributed by atoms with Gasteiger partial charge in [-0.05, 0) is 67.1 Å². The summed E-state index contributed by atoms with van der Waals surface area (Å²) in [7, 11) is 3.11. The summed E-state index contributed by atoms with van der Waals surface area (Å²) in [6, 6.07) is 9.25. The number of carbonyl (C=O) groups is 4. The van der Waals surface area contributed by atoms with E-state index < -0.39 is 64.1 Å². The number of amides is 2. The number of Topliss-reactive ketones (excluding diaryl/α,β-unsaturated/α-hetero) is 2. The van der Waals surface area contributed by atoms with Gasteiger partial charge in [-0.25, -0.2) is 4.79 Å². The summed E-state index contributed by atoms with van der Waals surface area (Å²) in [6.07, 6.45) is -0.347. The summed E-state index contributed by atoms with van der Waals surface area (Å²) in [5.41, 5.74) is 4.44. The second-order valence-electron chi connectivity index (χ2n) is 12.5. The van der Waals surface area contributed by atoms with Crippen LogP contribution in [0.15, 0.2) is 53.3 Å². The zero-order valence-electron chi connectivity index (χ0n) is 25.5. The number of aliphatic hydroxyl groups is 3. The Hall–Kier alpha value is -4.68. The summed E-state index contributed by atoms with van der Waals surface area (Å²) in [5.74, 6) is -6.74. The molecule has 238 valence electrons. The van der Waals surface area contributed by atoms with Crippen molar-refractivity contribution in [3.05, 3.63) is 70.0 Å². The number of aromatic hydroxyl groups is 1. The van der Waals surface area contributed by atoms with Crippen LogP contribution in [0.1, 0.15) is 37.0 Å². The highest BCUT2D eigenvalue weighted by atomic mass is 16.5. The number of likely N-dealkylation sites (N-methyl/N-ethyl adjacent to an activating group) is 1. The molecule has 1 fully saturated rings. The molecule has 12 heteroatoms. The van der Waals surface area contributed by atoms with Gasteiger partial charge in [-0.15, -0.1) is 0 Å². The molecule has 5 rings (SSSR count). The molecular formula is C33H37N3O9. The van der Waals surface area contributed by atoms with Crippen molar-refractivity contribution in [3.8, 4) is 16.9 Å². The van der Waals surface area contributed by atoms with E-state index in [9.17, 15) is 39.6 Å². The van der Waals surface area contributed by atoms with Crippen LogP contribution in [0.5, 0.6) is 5.75 Å². The molecule has 3 aliphatic carbocycles. The third-order valence-electron chi connectivity index (χ3n) is 8.85. The molecule has 0 spiro atoms. The standard InChI is InChI=1S/C33H37N3O9/c1-15(2)14-45-32(43)35-13-16-5-7-17(8-6-16)19-9-10-22(37)24-20(19)11-18-12-21-26(36(3)4)28(39)25(31(34)42)30(41)33(21,44)29(40)23(18)27(24)38/h5-10,15,18,21,26,37-38,41,44H,11-14H2,1-4H3,(H2,34,42)(H,35,43)/t18-,21+,26-,33+/m0/s1. The fraction of sp³-hybridized carbons (Fsp3) is 0.394. The number of fused-ring (bicyclic) bond motifs is 3. The predicted octanol–water partition coefficient (Wildman–Crippen LogP) is 2.51. The number of nitrogens with zero attached hydrogens (tertiary/aromatic N) is 1. The SMILES string of the molecule is CC(C)COC(=O)NCc1ccc(-c2ccc(O)c3c2C[C@H]2C[C@@H]4[C@H](N(C)C)C(=O)C(C(N)=O)=C(O)[C@]4(O)C(=O)C2=C3O)cc1. The van der Waals surface area contributed by atoms with E-state index in [1.165, 1.54) is 11.0 Å². The van der Waals surface area contributed by atoms with Gasteiger partial charge in [-0.2, -0.15) is 0 Å². The number of rotatable bonds is 7. The van der Waals surface area contributed by atoms with Crippen LogP contribution in [0, 0.1) is 17.8 Å². The topological polar surface area (TPSA) is 200 Å². The van der Waals surface area contributed by atoms with E-state index >= 15 is 0 Å². The molecule has 0 bridgehead atoms. The minimum Gasteiger partial charge on any atom is -0.508 e. The lowest BCUT2D eigenvalue weighted by molar-refractivity contribution is -0.153. The smallest absolute Gasteiger partial charge is 0.407 e. The van der Waals surface area contributed by atoms with Gasteiger partial charge in [-0.3, -0.25) is 19.3 Å². The molecule has 4 atom stereocenters. The molecule has 0 heterocycles. The molecule has 7 N–H and O–H groups in total. The zero-order chi connectivity index (χ0) is 33.0. The second-order valence-corrected chi connectivity index (χ2v) is 12.5. The lowest BCUT2D eigenvalue weighted by Gasteiger charge is -2.50. The molecule has 45 heavy (non-hydrogen) atoms. The molecule has 2 aromatic rings. The number of hydrogen-bond acceptors (Lipinski definition) is 10. The van der Waals surface area contributed by atoms with Gasteiger partial charge >= 0.3 is 6.09 Å².